The molecule has 0 rings (SSSR count). The molecule has 0 spiro atoms. The smallest absolute Gasteiger partial charge is 0.0234 e. The van der Waals surface area contributed by atoms with Crippen LogP contribution < -0.4 is 5.73 Å². The summed E-state index contributed by atoms with van der Waals surface area (Å²) in [5.41, 5.74) is 5.29. The molecule has 0 radical (unpaired) electrons. The van der Waals surface area contributed by atoms with Gasteiger partial charge in [-0.2, -0.15) is 0 Å². The molecule has 0 aromatic rings. The first-order valence-corrected chi connectivity index (χ1v) is 1.82. The fourth-order valence-corrected chi connectivity index (χ4v) is 0. The average molecular weight is 93.2 g/mol. The molecule has 6 heavy (non-hydrogen) atoms. The third-order valence-electron chi connectivity index (χ3n) is 0.526. The molecule has 1 nitrogen and oxygen atoms in total. The van der Waals surface area contributed by atoms with Crippen LogP contribution in [0.15, 0.2) is 0 Å². The SMILES string of the molecule is [2H]C([2H])([2H])C(C(C)N)C([2H])([2H])[2H]. The highest BCUT2D eigenvalue weighted by Gasteiger charge is 1.95. The summed E-state index contributed by atoms with van der Waals surface area (Å²) in [5.74, 6) is -1.44. The van der Waals surface area contributed by atoms with Crippen LogP contribution in [0, 0.1) is 5.92 Å². The van der Waals surface area contributed by atoms with Crippen LogP contribution >= 0.6 is 0 Å². The molecule has 2 N–H and O–H groups in total. The Kier molecular flexibility index (Phi) is 0.445. The highest BCUT2D eigenvalue weighted by molar-refractivity contribution is 4.55. The normalized spacial score (nSPS) is 34.5. The first-order valence-electron chi connectivity index (χ1n) is 4.82. The summed E-state index contributed by atoms with van der Waals surface area (Å²) in [6.07, 6.45) is 0. The predicted molar refractivity (Wildman–Crippen MR) is 28.5 cm³/mol. The predicted octanol–water partition coefficient (Wildman–Crippen LogP) is 0.990. The Labute approximate surface area is 48.0 Å². The van der Waals surface area contributed by atoms with Crippen molar-refractivity contribution in [2.24, 2.45) is 11.7 Å². The topological polar surface area (TPSA) is 26.0 Å². The molecule has 0 aliphatic carbocycles. The molecular weight excluding hydrogens is 74.1 g/mol. The Morgan fingerprint density at radius 1 is 1.67 bits per heavy atom. The average Bonchev–Trinajstić information content (AvgIpc) is 1.49. The van der Waals surface area contributed by atoms with E-state index < -0.39 is 25.7 Å². The first kappa shape index (κ1) is 1.22. The maximum atomic E-state index is 6.97. The molecule has 0 aliphatic rings. The van der Waals surface area contributed by atoms with Gasteiger partial charge in [0.2, 0.25) is 0 Å². The second-order valence-electron chi connectivity index (χ2n) is 1.34. The number of hydrogen-bond donors (Lipinski definition) is 1. The number of nitrogens with two attached hydrogens (primary N) is 1. The molecule has 1 heteroatoms. The molecule has 38 valence electrons. The second-order valence-corrected chi connectivity index (χ2v) is 1.34. The van der Waals surface area contributed by atoms with Gasteiger partial charge in [-0.3, -0.25) is 0 Å². The van der Waals surface area contributed by atoms with Crippen LogP contribution in [0.5, 0.6) is 0 Å². The lowest BCUT2D eigenvalue weighted by Gasteiger charge is -2.05. The molecule has 0 fully saturated rings. The minimum absolute atomic E-state index is 0.856. The van der Waals surface area contributed by atoms with E-state index in [1.54, 1.807) is 0 Å². The fourth-order valence-electron chi connectivity index (χ4n) is 0. The van der Waals surface area contributed by atoms with Gasteiger partial charge in [-0.15, -0.1) is 0 Å². The van der Waals surface area contributed by atoms with Crippen LogP contribution in [-0.2, 0) is 0 Å². The highest BCUT2D eigenvalue weighted by atomic mass is 14.6. The van der Waals surface area contributed by atoms with Crippen molar-refractivity contribution in [1.82, 2.24) is 0 Å². The lowest BCUT2D eigenvalue weighted by atomic mass is 10.1. The van der Waals surface area contributed by atoms with Crippen LogP contribution in [0.1, 0.15) is 28.9 Å². The maximum absolute atomic E-state index is 6.97. The lowest BCUT2D eigenvalue weighted by molar-refractivity contribution is 0.529. The standard InChI is InChI=1S/C5H13N/c1-4(2)5(3)6/h4-5H,6H2,1-3H3/i1D3,2D3. The van der Waals surface area contributed by atoms with Crippen LogP contribution in [0.4, 0.5) is 0 Å². The van der Waals surface area contributed by atoms with Crippen LogP contribution in [-0.4, -0.2) is 6.04 Å². The molecule has 1 unspecified atom stereocenters. The van der Waals surface area contributed by atoms with E-state index in [9.17, 15) is 0 Å². The van der Waals surface area contributed by atoms with Gasteiger partial charge in [-0.1, -0.05) is 13.7 Å². The Morgan fingerprint density at radius 2 is 2.17 bits per heavy atom. The molecule has 1 atom stereocenters. The molecule has 0 aromatic carbocycles. The van der Waals surface area contributed by atoms with Gasteiger partial charge in [0.15, 0.2) is 0 Å². The van der Waals surface area contributed by atoms with E-state index in [0.717, 1.165) is 0 Å². The van der Waals surface area contributed by atoms with E-state index in [1.165, 1.54) is 6.92 Å². The van der Waals surface area contributed by atoms with Crippen LogP contribution in [0.25, 0.3) is 0 Å². The Bertz CT molecular complexity index is 131. The van der Waals surface area contributed by atoms with Crippen molar-refractivity contribution >= 4 is 0 Å². The van der Waals surface area contributed by atoms with Gasteiger partial charge in [0, 0.05) is 14.3 Å². The van der Waals surface area contributed by atoms with Crippen LogP contribution in [0.3, 0.4) is 0 Å². The monoisotopic (exact) mass is 93.1 g/mol. The van der Waals surface area contributed by atoms with Gasteiger partial charge in [0.05, 0.1) is 0 Å². The van der Waals surface area contributed by atoms with Crippen molar-refractivity contribution in [2.75, 3.05) is 0 Å². The third-order valence-corrected chi connectivity index (χ3v) is 0.526. The Morgan fingerprint density at radius 3 is 2.17 bits per heavy atom. The molecule has 0 saturated heterocycles. The molecule has 0 aliphatic heterocycles. The minimum Gasteiger partial charge on any atom is -0.328 e. The van der Waals surface area contributed by atoms with Gasteiger partial charge < -0.3 is 5.73 Å². The van der Waals surface area contributed by atoms with Gasteiger partial charge in [0.1, 0.15) is 0 Å². The molecule has 0 aromatic heterocycles. The van der Waals surface area contributed by atoms with E-state index >= 15 is 0 Å². The zero-order valence-corrected chi connectivity index (χ0v) is 3.73. The minimum atomic E-state index is -2.51. The van der Waals surface area contributed by atoms with Crippen molar-refractivity contribution in [2.45, 2.75) is 26.7 Å². The summed E-state index contributed by atoms with van der Waals surface area (Å²) >= 11 is 0. The van der Waals surface area contributed by atoms with E-state index in [0.29, 0.717) is 0 Å². The number of hydrogen-bond acceptors (Lipinski definition) is 1. The Balaban J connectivity index is 4.70. The largest absolute Gasteiger partial charge is 0.328 e. The van der Waals surface area contributed by atoms with Gasteiger partial charge in [-0.05, 0) is 12.8 Å². The van der Waals surface area contributed by atoms with Crippen molar-refractivity contribution in [3.63, 3.8) is 0 Å². The van der Waals surface area contributed by atoms with Crippen LogP contribution in [0.2, 0.25) is 0 Å². The summed E-state index contributed by atoms with van der Waals surface area (Å²) in [4.78, 5) is 0. The second kappa shape index (κ2) is 2.19. The van der Waals surface area contributed by atoms with E-state index in [4.69, 9.17) is 14.0 Å². The Hall–Kier alpha value is -0.0400. The molecule has 0 amide bonds. The van der Waals surface area contributed by atoms with Gasteiger partial charge >= 0.3 is 0 Å². The first-order chi connectivity index (χ1) is 5.07. The summed E-state index contributed by atoms with van der Waals surface area (Å²) in [6, 6.07) is -0.856. The summed E-state index contributed by atoms with van der Waals surface area (Å²) in [6.45, 7) is -3.64. The van der Waals surface area contributed by atoms with Crippen molar-refractivity contribution in [3.05, 3.63) is 0 Å². The lowest BCUT2D eigenvalue weighted by Crippen LogP contribution is -2.21. The zero-order chi connectivity index (χ0) is 10.2. The third kappa shape index (κ3) is 2.21. The van der Waals surface area contributed by atoms with E-state index in [1.807, 2.05) is 0 Å². The molecular formula is C5H13N. The summed E-state index contributed by atoms with van der Waals surface area (Å²) < 4.78 is 41.8. The number of rotatable bonds is 1. The fraction of sp³-hybridized carbons (Fsp3) is 1.00. The maximum Gasteiger partial charge on any atom is 0.0234 e. The summed E-state index contributed by atoms with van der Waals surface area (Å²) in [7, 11) is 0. The van der Waals surface area contributed by atoms with E-state index in [-0.39, 0.29) is 0 Å². The van der Waals surface area contributed by atoms with Crippen molar-refractivity contribution in [1.29, 1.82) is 0 Å². The molecule has 0 heterocycles. The van der Waals surface area contributed by atoms with Gasteiger partial charge in [-0.25, -0.2) is 0 Å². The quantitative estimate of drug-likeness (QED) is 0.514. The van der Waals surface area contributed by atoms with Crippen molar-refractivity contribution in [3.8, 4) is 0 Å². The van der Waals surface area contributed by atoms with Gasteiger partial charge in [0.25, 0.3) is 0 Å². The highest BCUT2D eigenvalue weighted by Crippen LogP contribution is 1.93. The summed E-state index contributed by atoms with van der Waals surface area (Å²) in [5, 5.41) is 0. The van der Waals surface area contributed by atoms with E-state index in [2.05, 4.69) is 0 Å². The van der Waals surface area contributed by atoms with Crippen molar-refractivity contribution < 1.29 is 8.22 Å². The zero-order valence-electron chi connectivity index (χ0n) is 9.73. The molecule has 0 bridgehead atoms. The molecule has 0 saturated carbocycles.